The van der Waals surface area contributed by atoms with Gasteiger partial charge < -0.3 is 26.4 Å². The van der Waals surface area contributed by atoms with Gasteiger partial charge in [0.1, 0.15) is 0 Å². The van der Waals surface area contributed by atoms with Gasteiger partial charge in [0.25, 0.3) is 0 Å². The van der Waals surface area contributed by atoms with Crippen LogP contribution in [0.15, 0.2) is 5.10 Å². The van der Waals surface area contributed by atoms with Crippen molar-refractivity contribution >= 4 is 16.4 Å². The first-order valence-corrected chi connectivity index (χ1v) is 3.06. The van der Waals surface area contributed by atoms with Crippen LogP contribution in [0.1, 0.15) is 0 Å². The Hall–Kier alpha value is 0.940. The van der Waals surface area contributed by atoms with Crippen molar-refractivity contribution < 1.29 is 76.6 Å². The molecule has 11 heteroatoms. The Kier molecular flexibility index (Phi) is 23.0. The molecule has 0 spiro atoms. The van der Waals surface area contributed by atoms with Crippen LogP contribution in [-0.4, -0.2) is 23.5 Å². The van der Waals surface area contributed by atoms with Crippen molar-refractivity contribution in [1.29, 1.82) is 0 Å². The maximum atomic E-state index is 8.52. The fourth-order valence-corrected chi connectivity index (χ4v) is 0. The molecule has 0 aliphatic rings. The molecule has 6 N–H and O–H groups in total. The number of hydrogen-bond acceptors (Lipinski definition) is 6. The van der Waals surface area contributed by atoms with E-state index < -0.39 is 10.4 Å². The Balaban J connectivity index is -0.0000000457. The van der Waals surface area contributed by atoms with Gasteiger partial charge in [0.05, 0.1) is 0 Å². The van der Waals surface area contributed by atoms with Crippen molar-refractivity contribution in [1.82, 2.24) is 0 Å². The molecule has 0 radical (unpaired) electrons. The molecule has 0 unspecified atom stereocenters. The molecule has 0 saturated carbocycles. The van der Waals surface area contributed by atoms with E-state index in [-0.39, 0.29) is 65.1 Å². The van der Waals surface area contributed by atoms with E-state index >= 15 is 0 Å². The zero-order valence-corrected chi connectivity index (χ0v) is 11.5. The van der Waals surface area contributed by atoms with E-state index in [1.54, 1.807) is 0 Å². The first-order chi connectivity index (χ1) is 4.27. The summed E-state index contributed by atoms with van der Waals surface area (Å²) in [6.45, 7) is 0. The maximum absolute atomic E-state index is 8.52. The third kappa shape index (κ3) is 125. The second-order valence-electron chi connectivity index (χ2n) is 0.962. The van der Waals surface area contributed by atoms with Crippen LogP contribution in [0.2, 0.25) is 0 Å². The molecule has 0 amide bonds. The smallest absolute Gasteiger partial charge is 0.759 e. The summed E-state index contributed by atoms with van der Waals surface area (Å²) in [5.74, 6) is 4.42. The zero-order chi connectivity index (χ0) is 8.78. The molecule has 0 aromatic rings. The van der Waals surface area contributed by atoms with Crippen LogP contribution in [0.5, 0.6) is 0 Å². The molecule has 0 saturated heterocycles. The van der Waals surface area contributed by atoms with E-state index in [0.29, 0.717) is 0 Å². The van der Waals surface area contributed by atoms with Gasteiger partial charge in [-0.25, -0.2) is 0 Å². The first kappa shape index (κ1) is 23.1. The molecule has 0 heterocycles. The van der Waals surface area contributed by atoms with Crippen LogP contribution < -0.4 is 76.4 Å². The minimum absolute atomic E-state index is 0. The molecule has 0 fully saturated rings. The third-order valence-electron chi connectivity index (χ3n) is 0.149. The van der Waals surface area contributed by atoms with Gasteiger partial charge in [0.2, 0.25) is 5.96 Å². The Bertz CT molecular complexity index is 189. The summed E-state index contributed by atoms with van der Waals surface area (Å²) >= 11 is 0. The fraction of sp³-hybridized carbons (Fsp3) is 0. The summed E-state index contributed by atoms with van der Waals surface area (Å²) in [6.07, 6.45) is 0. The van der Waals surface area contributed by atoms with Gasteiger partial charge >= 0.3 is 59.1 Å². The van der Waals surface area contributed by atoms with E-state index in [9.17, 15) is 0 Å². The quantitative estimate of drug-likeness (QED) is 0.0685. The van der Waals surface area contributed by atoms with Crippen LogP contribution in [0.4, 0.5) is 0 Å². The summed E-state index contributed by atoms with van der Waals surface area (Å²) < 4.78 is 34.1. The second kappa shape index (κ2) is 11.9. The molecule has 0 rings (SSSR count). The number of hydrazone groups is 1. The zero-order valence-electron chi connectivity index (χ0n) is 6.72. The van der Waals surface area contributed by atoms with E-state index in [0.717, 1.165) is 0 Å². The predicted molar refractivity (Wildman–Crippen MR) is 30.5 cm³/mol. The van der Waals surface area contributed by atoms with Gasteiger partial charge in [-0.1, -0.05) is 0 Å². The summed E-state index contributed by atoms with van der Waals surface area (Å²) in [7, 11) is -5.17. The van der Waals surface area contributed by atoms with Crippen LogP contribution >= 0.6 is 0 Å². The fourth-order valence-electron chi connectivity index (χ4n) is 0. The van der Waals surface area contributed by atoms with Gasteiger partial charge in [-0.3, -0.25) is 8.42 Å². The minimum atomic E-state index is -5.17. The molecule has 0 atom stereocenters. The van der Waals surface area contributed by atoms with Crippen molar-refractivity contribution in [2.75, 3.05) is 0 Å². The van der Waals surface area contributed by atoms with E-state index in [1.165, 1.54) is 0 Å². The summed E-state index contributed by atoms with van der Waals surface area (Å²) in [4.78, 5) is 0. The number of hydrogen-bond donors (Lipinski definition) is 3. The second-order valence-corrected chi connectivity index (χ2v) is 1.78. The van der Waals surface area contributed by atoms with Crippen LogP contribution in [-0.2, 0) is 10.4 Å². The molecule has 0 aliphatic carbocycles. The Labute approximate surface area is 114 Å². The molecule has 0 aromatic heterocycles. The standard InChI is InChI=1S/CH6N4.2Na.H2O4S/c2-1(3)5-4;;;1-5(2,3)4/h4H2,(H4,2,3,5);;;(H2,1,2,3,4)/q;2*+1;/p-2. The van der Waals surface area contributed by atoms with E-state index in [2.05, 4.69) is 10.9 Å². The first-order valence-electron chi connectivity index (χ1n) is 1.73. The minimum Gasteiger partial charge on any atom is -0.759 e. The molecular weight excluding hydrogens is 210 g/mol. The van der Waals surface area contributed by atoms with Crippen LogP contribution in [0.25, 0.3) is 0 Å². The van der Waals surface area contributed by atoms with Gasteiger partial charge in [0.15, 0.2) is 0 Å². The van der Waals surface area contributed by atoms with Crippen molar-refractivity contribution in [2.24, 2.45) is 22.4 Å². The average molecular weight is 216 g/mol. The summed E-state index contributed by atoms with van der Waals surface area (Å²) in [5, 5.41) is 2.86. The Morgan fingerprint density at radius 1 is 1.17 bits per heavy atom. The number of nitrogens with zero attached hydrogens (tertiary/aromatic N) is 1. The molecule has 62 valence electrons. The topological polar surface area (TPSA) is 171 Å². The van der Waals surface area contributed by atoms with Crippen molar-refractivity contribution in [3.63, 3.8) is 0 Å². The predicted octanol–water partition coefficient (Wildman–Crippen LogP) is -9.20. The maximum Gasteiger partial charge on any atom is 1.00 e. The molecule has 0 bridgehead atoms. The summed E-state index contributed by atoms with van der Waals surface area (Å²) in [5.41, 5.74) is 9.39. The number of guanidine groups is 1. The SMILES string of the molecule is NN=C(N)N.O=S(=O)([O-])[O-].[Na+].[Na+]. The van der Waals surface area contributed by atoms with Crippen molar-refractivity contribution in [3.05, 3.63) is 0 Å². The number of rotatable bonds is 0. The third-order valence-corrected chi connectivity index (χ3v) is 0.149. The van der Waals surface area contributed by atoms with Crippen LogP contribution in [0, 0.1) is 0 Å². The molecule has 0 aromatic carbocycles. The molecule has 0 aliphatic heterocycles. The van der Waals surface area contributed by atoms with Gasteiger partial charge in [0, 0.05) is 10.4 Å². The Morgan fingerprint density at radius 2 is 1.25 bits per heavy atom. The largest absolute Gasteiger partial charge is 1.00 e. The van der Waals surface area contributed by atoms with Gasteiger partial charge in [-0.05, 0) is 0 Å². The van der Waals surface area contributed by atoms with E-state index in [4.69, 9.17) is 29.0 Å². The van der Waals surface area contributed by atoms with Crippen molar-refractivity contribution in [3.8, 4) is 0 Å². The molecular formula is CH6N4Na2O4S. The normalized spacial score (nSPS) is 7.50. The van der Waals surface area contributed by atoms with Crippen molar-refractivity contribution in [2.45, 2.75) is 0 Å². The van der Waals surface area contributed by atoms with E-state index in [1.807, 2.05) is 0 Å². The van der Waals surface area contributed by atoms with Gasteiger partial charge in [-0.2, -0.15) is 0 Å². The monoisotopic (exact) mass is 216 g/mol. The summed E-state index contributed by atoms with van der Waals surface area (Å²) in [6, 6.07) is 0. The van der Waals surface area contributed by atoms with Crippen LogP contribution in [0.3, 0.4) is 0 Å². The molecule has 12 heavy (non-hydrogen) atoms. The molecule has 8 nitrogen and oxygen atoms in total. The van der Waals surface area contributed by atoms with Gasteiger partial charge in [-0.15, -0.1) is 5.10 Å². The average Bonchev–Trinajstić information content (AvgIpc) is 1.61. The Morgan fingerprint density at radius 3 is 1.25 bits per heavy atom. The number of nitrogens with two attached hydrogens (primary N) is 3.